The largest absolute Gasteiger partial charge is 0.347 e. The number of benzene rings is 1. The van der Waals surface area contributed by atoms with Crippen molar-refractivity contribution >= 4 is 21.6 Å². The van der Waals surface area contributed by atoms with E-state index in [-0.39, 0.29) is 6.04 Å². The van der Waals surface area contributed by atoms with Gasteiger partial charge in [-0.2, -0.15) is 0 Å². The van der Waals surface area contributed by atoms with Crippen LogP contribution in [-0.2, 0) is 6.54 Å². The van der Waals surface area contributed by atoms with Crippen molar-refractivity contribution in [3.8, 4) is 0 Å². The molecule has 1 aromatic carbocycles. The summed E-state index contributed by atoms with van der Waals surface area (Å²) in [4.78, 5) is 4.66. The van der Waals surface area contributed by atoms with Gasteiger partial charge in [0.25, 0.3) is 0 Å². The summed E-state index contributed by atoms with van der Waals surface area (Å²) in [7, 11) is 0. The number of thiazole rings is 1. The average molecular weight is 285 g/mol. The van der Waals surface area contributed by atoms with Crippen molar-refractivity contribution < 1.29 is 0 Å². The predicted molar refractivity (Wildman–Crippen MR) is 84.9 cm³/mol. The van der Waals surface area contributed by atoms with E-state index in [2.05, 4.69) is 60.1 Å². The molecule has 0 fully saturated rings. The van der Waals surface area contributed by atoms with E-state index in [1.807, 2.05) is 6.07 Å². The predicted octanol–water partition coefficient (Wildman–Crippen LogP) is 3.80. The Labute approximate surface area is 123 Å². The molecule has 0 aliphatic carbocycles. The standard InChI is InChI=1S/C16H19N3S/c1-11(2)16(17)12-7-8-19(9-12)10-15-18-13-5-3-4-6-14(13)20-15/h3-9,11,16H,10,17H2,1-2H3. The maximum atomic E-state index is 6.18. The molecule has 20 heavy (non-hydrogen) atoms. The van der Waals surface area contributed by atoms with Gasteiger partial charge in [-0.15, -0.1) is 11.3 Å². The molecule has 104 valence electrons. The summed E-state index contributed by atoms with van der Waals surface area (Å²) in [6, 6.07) is 10.5. The molecule has 1 unspecified atom stereocenters. The van der Waals surface area contributed by atoms with E-state index in [9.17, 15) is 0 Å². The fourth-order valence-corrected chi connectivity index (χ4v) is 3.26. The van der Waals surface area contributed by atoms with E-state index in [0.717, 1.165) is 17.1 Å². The Kier molecular flexibility index (Phi) is 3.59. The highest BCUT2D eigenvalue weighted by Gasteiger charge is 2.12. The second-order valence-corrected chi connectivity index (χ2v) is 6.58. The molecule has 0 bridgehead atoms. The third kappa shape index (κ3) is 2.62. The minimum absolute atomic E-state index is 0.103. The lowest BCUT2D eigenvalue weighted by molar-refractivity contribution is 0.513. The summed E-state index contributed by atoms with van der Waals surface area (Å²) in [5.74, 6) is 0.452. The van der Waals surface area contributed by atoms with Gasteiger partial charge in [-0.1, -0.05) is 26.0 Å². The van der Waals surface area contributed by atoms with Crippen molar-refractivity contribution in [2.75, 3.05) is 0 Å². The lowest BCUT2D eigenvalue weighted by atomic mass is 10.00. The zero-order chi connectivity index (χ0) is 14.1. The van der Waals surface area contributed by atoms with E-state index < -0.39 is 0 Å². The fourth-order valence-electron chi connectivity index (χ4n) is 2.28. The van der Waals surface area contributed by atoms with Crippen molar-refractivity contribution in [1.82, 2.24) is 9.55 Å². The number of para-hydroxylation sites is 1. The first-order chi connectivity index (χ1) is 9.63. The molecule has 0 aliphatic rings. The average Bonchev–Trinajstić information content (AvgIpc) is 3.03. The molecular weight excluding hydrogens is 266 g/mol. The molecular formula is C16H19N3S. The third-order valence-corrected chi connectivity index (χ3v) is 4.55. The van der Waals surface area contributed by atoms with Crippen LogP contribution >= 0.6 is 11.3 Å². The summed E-state index contributed by atoms with van der Waals surface area (Å²) >= 11 is 1.75. The number of hydrogen-bond donors (Lipinski definition) is 1. The Hall–Kier alpha value is -1.65. The summed E-state index contributed by atoms with van der Waals surface area (Å²) in [5, 5.41) is 1.13. The molecule has 0 radical (unpaired) electrons. The van der Waals surface area contributed by atoms with E-state index in [4.69, 9.17) is 5.73 Å². The number of aromatic nitrogens is 2. The minimum Gasteiger partial charge on any atom is -0.347 e. The Balaban J connectivity index is 1.81. The Morgan fingerprint density at radius 3 is 2.80 bits per heavy atom. The van der Waals surface area contributed by atoms with Gasteiger partial charge in [0.1, 0.15) is 5.01 Å². The van der Waals surface area contributed by atoms with Crippen LogP contribution in [0.15, 0.2) is 42.7 Å². The van der Waals surface area contributed by atoms with Gasteiger partial charge in [0.2, 0.25) is 0 Å². The van der Waals surface area contributed by atoms with E-state index in [0.29, 0.717) is 5.92 Å². The molecule has 0 spiro atoms. The van der Waals surface area contributed by atoms with E-state index in [1.165, 1.54) is 10.3 Å². The normalized spacial score (nSPS) is 13.2. The minimum atomic E-state index is 0.103. The highest BCUT2D eigenvalue weighted by Crippen LogP contribution is 2.23. The van der Waals surface area contributed by atoms with Gasteiger partial charge in [0.05, 0.1) is 16.8 Å². The lowest BCUT2D eigenvalue weighted by Gasteiger charge is -2.13. The second-order valence-electron chi connectivity index (χ2n) is 5.46. The molecule has 0 saturated heterocycles. The van der Waals surface area contributed by atoms with Crippen LogP contribution in [-0.4, -0.2) is 9.55 Å². The Morgan fingerprint density at radius 2 is 2.05 bits per heavy atom. The molecule has 2 aromatic heterocycles. The van der Waals surface area contributed by atoms with Gasteiger partial charge in [0, 0.05) is 18.4 Å². The van der Waals surface area contributed by atoms with Crippen LogP contribution in [0, 0.1) is 5.92 Å². The number of rotatable bonds is 4. The molecule has 3 nitrogen and oxygen atoms in total. The van der Waals surface area contributed by atoms with Crippen LogP contribution in [0.5, 0.6) is 0 Å². The van der Waals surface area contributed by atoms with E-state index in [1.54, 1.807) is 11.3 Å². The van der Waals surface area contributed by atoms with Gasteiger partial charge in [-0.3, -0.25) is 0 Å². The zero-order valence-corrected chi connectivity index (χ0v) is 12.6. The number of fused-ring (bicyclic) bond motifs is 1. The summed E-state index contributed by atoms with van der Waals surface area (Å²) < 4.78 is 3.41. The topological polar surface area (TPSA) is 43.8 Å². The van der Waals surface area contributed by atoms with Crippen molar-refractivity contribution in [3.05, 3.63) is 53.3 Å². The number of nitrogens with two attached hydrogens (primary N) is 1. The summed E-state index contributed by atoms with van der Waals surface area (Å²) in [5.41, 5.74) is 8.46. The first kappa shape index (κ1) is 13.3. The van der Waals surface area contributed by atoms with Crippen LogP contribution in [0.2, 0.25) is 0 Å². The Bertz CT molecular complexity index is 678. The smallest absolute Gasteiger partial charge is 0.114 e. The van der Waals surface area contributed by atoms with Crippen molar-refractivity contribution in [3.63, 3.8) is 0 Å². The molecule has 3 aromatic rings. The zero-order valence-electron chi connectivity index (χ0n) is 11.8. The molecule has 1 atom stereocenters. The van der Waals surface area contributed by atoms with Crippen LogP contribution in [0.3, 0.4) is 0 Å². The lowest BCUT2D eigenvalue weighted by Crippen LogP contribution is -2.15. The van der Waals surface area contributed by atoms with Gasteiger partial charge < -0.3 is 10.3 Å². The summed E-state index contributed by atoms with van der Waals surface area (Å²) in [6.07, 6.45) is 4.22. The molecule has 0 saturated carbocycles. The quantitative estimate of drug-likeness (QED) is 0.792. The molecule has 4 heteroatoms. The highest BCUT2D eigenvalue weighted by molar-refractivity contribution is 7.18. The molecule has 2 heterocycles. The van der Waals surface area contributed by atoms with Crippen LogP contribution in [0.25, 0.3) is 10.2 Å². The second kappa shape index (κ2) is 5.38. The maximum absolute atomic E-state index is 6.18. The number of hydrogen-bond acceptors (Lipinski definition) is 3. The van der Waals surface area contributed by atoms with Gasteiger partial charge in [-0.05, 0) is 29.7 Å². The summed E-state index contributed by atoms with van der Waals surface area (Å²) in [6.45, 7) is 5.11. The molecule has 3 rings (SSSR count). The monoisotopic (exact) mass is 285 g/mol. The SMILES string of the molecule is CC(C)C(N)c1ccn(Cc2nc3ccccc3s2)c1. The van der Waals surface area contributed by atoms with Crippen LogP contribution in [0.1, 0.15) is 30.5 Å². The van der Waals surface area contributed by atoms with Crippen LogP contribution < -0.4 is 5.73 Å². The number of nitrogens with zero attached hydrogens (tertiary/aromatic N) is 2. The molecule has 0 aliphatic heterocycles. The van der Waals surface area contributed by atoms with Crippen LogP contribution in [0.4, 0.5) is 0 Å². The first-order valence-corrected chi connectivity index (χ1v) is 7.71. The van der Waals surface area contributed by atoms with Crippen molar-refractivity contribution in [2.24, 2.45) is 11.7 Å². The van der Waals surface area contributed by atoms with Gasteiger partial charge in [0.15, 0.2) is 0 Å². The Morgan fingerprint density at radius 1 is 1.25 bits per heavy atom. The van der Waals surface area contributed by atoms with Gasteiger partial charge >= 0.3 is 0 Å². The molecule has 0 amide bonds. The molecule has 2 N–H and O–H groups in total. The van der Waals surface area contributed by atoms with Gasteiger partial charge in [-0.25, -0.2) is 4.98 Å². The third-order valence-electron chi connectivity index (χ3n) is 3.53. The first-order valence-electron chi connectivity index (χ1n) is 6.89. The van der Waals surface area contributed by atoms with Crippen molar-refractivity contribution in [1.29, 1.82) is 0 Å². The highest BCUT2D eigenvalue weighted by atomic mass is 32.1. The maximum Gasteiger partial charge on any atom is 0.114 e. The van der Waals surface area contributed by atoms with Crippen molar-refractivity contribution in [2.45, 2.75) is 26.4 Å². The fraction of sp³-hybridized carbons (Fsp3) is 0.312. The van der Waals surface area contributed by atoms with E-state index >= 15 is 0 Å².